The van der Waals surface area contributed by atoms with Gasteiger partial charge in [0.25, 0.3) is 0 Å². The van der Waals surface area contributed by atoms with E-state index in [1.165, 1.54) is 17.0 Å². The lowest BCUT2D eigenvalue weighted by molar-refractivity contribution is -0.141. The summed E-state index contributed by atoms with van der Waals surface area (Å²) >= 11 is 0. The summed E-state index contributed by atoms with van der Waals surface area (Å²) in [6, 6.07) is 19.0. The van der Waals surface area contributed by atoms with Gasteiger partial charge in [0.05, 0.1) is 19.2 Å². The van der Waals surface area contributed by atoms with Crippen LogP contribution in [0.3, 0.4) is 0 Å². The fourth-order valence-corrected chi connectivity index (χ4v) is 4.01. The number of ether oxygens (including phenoxy) is 1. The van der Waals surface area contributed by atoms with E-state index in [-0.39, 0.29) is 30.9 Å². The van der Waals surface area contributed by atoms with Gasteiger partial charge in [-0.1, -0.05) is 36.4 Å². The van der Waals surface area contributed by atoms with Gasteiger partial charge in [0.15, 0.2) is 0 Å². The highest BCUT2D eigenvalue weighted by atomic mass is 16.5. The summed E-state index contributed by atoms with van der Waals surface area (Å²) in [5.41, 5.74) is 7.96. The zero-order valence-electron chi connectivity index (χ0n) is 21.9. The Hall–Kier alpha value is -5.06. The summed E-state index contributed by atoms with van der Waals surface area (Å²) in [5.74, 6) is -0.800. The molecule has 3 aromatic carbocycles. The van der Waals surface area contributed by atoms with Crippen LogP contribution in [0.4, 0.5) is 32.3 Å². The van der Waals surface area contributed by atoms with Gasteiger partial charge >= 0.3 is 18.0 Å². The zero-order valence-corrected chi connectivity index (χ0v) is 21.9. The van der Waals surface area contributed by atoms with Crippen molar-refractivity contribution >= 4 is 46.7 Å². The van der Waals surface area contributed by atoms with Gasteiger partial charge in [-0.2, -0.15) is 0 Å². The number of hydrogen-bond donors (Lipinski definition) is 4. The number of rotatable bonds is 7. The van der Waals surface area contributed by atoms with Crippen molar-refractivity contribution in [2.24, 2.45) is 0 Å². The Morgan fingerprint density at radius 2 is 1.67 bits per heavy atom. The van der Waals surface area contributed by atoms with Gasteiger partial charge in [-0.3, -0.25) is 15.0 Å². The van der Waals surface area contributed by atoms with Crippen molar-refractivity contribution in [2.45, 2.75) is 19.9 Å². The molecule has 0 bridgehead atoms. The highest BCUT2D eigenvalue weighted by molar-refractivity contribution is 6.00. The molecular formula is C28H30N6O5. The van der Waals surface area contributed by atoms with Gasteiger partial charge in [-0.05, 0) is 53.9 Å². The van der Waals surface area contributed by atoms with Crippen LogP contribution in [0.25, 0.3) is 0 Å². The second-order valence-electron chi connectivity index (χ2n) is 9.10. The highest BCUT2D eigenvalue weighted by Gasteiger charge is 2.26. The lowest BCUT2D eigenvalue weighted by atomic mass is 10.1. The van der Waals surface area contributed by atoms with E-state index in [1.54, 1.807) is 43.4 Å². The predicted octanol–water partition coefficient (Wildman–Crippen LogP) is 4.19. The lowest BCUT2D eigenvalue weighted by Crippen LogP contribution is -2.44. The largest absolute Gasteiger partial charge is 0.468 e. The molecule has 1 heterocycles. The first kappa shape index (κ1) is 27.0. The summed E-state index contributed by atoms with van der Waals surface area (Å²) in [6.07, 6.45) is 0.121. The van der Waals surface area contributed by atoms with Crippen LogP contribution in [0.5, 0.6) is 0 Å². The van der Waals surface area contributed by atoms with E-state index >= 15 is 0 Å². The van der Waals surface area contributed by atoms with Crippen LogP contribution in [0.2, 0.25) is 0 Å². The van der Waals surface area contributed by atoms with Crippen LogP contribution >= 0.6 is 0 Å². The molecular weight excluding hydrogens is 500 g/mol. The minimum atomic E-state index is -0.565. The van der Waals surface area contributed by atoms with Gasteiger partial charge < -0.3 is 25.6 Å². The second-order valence-corrected chi connectivity index (χ2v) is 9.10. The molecule has 11 heteroatoms. The Labute approximate surface area is 226 Å². The van der Waals surface area contributed by atoms with Crippen LogP contribution in [-0.2, 0) is 27.3 Å². The number of aryl methyl sites for hydroxylation is 1. The molecule has 0 spiro atoms. The third-order valence-corrected chi connectivity index (χ3v) is 6.10. The maximum absolute atomic E-state index is 12.7. The molecule has 1 aliphatic rings. The van der Waals surface area contributed by atoms with E-state index in [0.29, 0.717) is 23.6 Å². The number of carbonyl (C=O) groups excluding carboxylic acids is 4. The third kappa shape index (κ3) is 7.04. The summed E-state index contributed by atoms with van der Waals surface area (Å²) < 4.78 is 4.68. The number of nitrogens with zero attached hydrogens (tertiary/aromatic N) is 2. The van der Waals surface area contributed by atoms with Gasteiger partial charge in [-0.15, -0.1) is 0 Å². The van der Waals surface area contributed by atoms with E-state index in [1.807, 2.05) is 37.3 Å². The number of methoxy groups -OCH3 is 1. The standard InChI is InChI=1S/C28H30N6O5/c1-18-6-4-5-7-23(18)31-27(37)30-21-11-8-19(9-12-21)14-25(35)29-22-13-10-20-16-33(2)28(38)34(17-26(36)39-3)32-24(20)15-22/h4-13,15,32H,14,16-17H2,1-3H3,(H,29,35)(H2,30,31,37). The number of fused-ring (bicyclic) bond motifs is 1. The average molecular weight is 531 g/mol. The third-order valence-electron chi connectivity index (χ3n) is 6.10. The van der Waals surface area contributed by atoms with Crippen LogP contribution in [0, 0.1) is 6.92 Å². The van der Waals surface area contributed by atoms with Gasteiger partial charge in [-0.25, -0.2) is 14.6 Å². The highest BCUT2D eigenvalue weighted by Crippen LogP contribution is 2.26. The van der Waals surface area contributed by atoms with Crippen molar-refractivity contribution in [3.8, 4) is 0 Å². The monoisotopic (exact) mass is 530 g/mol. The smallest absolute Gasteiger partial charge is 0.339 e. The number of amides is 5. The zero-order chi connectivity index (χ0) is 27.9. The lowest BCUT2D eigenvalue weighted by Gasteiger charge is -2.24. The van der Waals surface area contributed by atoms with E-state index in [0.717, 1.165) is 22.4 Å². The van der Waals surface area contributed by atoms with E-state index in [4.69, 9.17) is 0 Å². The molecule has 0 unspecified atom stereocenters. The topological polar surface area (TPSA) is 132 Å². The quantitative estimate of drug-likeness (QED) is 0.339. The first-order valence-corrected chi connectivity index (χ1v) is 12.2. The number of anilines is 4. The number of hydrazine groups is 1. The molecule has 4 rings (SSSR count). The van der Waals surface area contributed by atoms with Crippen molar-refractivity contribution < 1.29 is 23.9 Å². The first-order chi connectivity index (χ1) is 18.7. The SMILES string of the molecule is COC(=O)CN1Nc2cc(NC(=O)Cc3ccc(NC(=O)Nc4ccccc4C)cc3)ccc2CN(C)C1=O. The number of carbonyl (C=O) groups is 4. The van der Waals surface area contributed by atoms with Crippen molar-refractivity contribution in [1.82, 2.24) is 9.91 Å². The maximum Gasteiger partial charge on any atom is 0.339 e. The summed E-state index contributed by atoms with van der Waals surface area (Å²) in [7, 11) is 2.89. The molecule has 0 fully saturated rings. The Morgan fingerprint density at radius 3 is 2.38 bits per heavy atom. The van der Waals surface area contributed by atoms with Crippen molar-refractivity contribution in [1.29, 1.82) is 0 Å². The van der Waals surface area contributed by atoms with Crippen LogP contribution in [0.15, 0.2) is 66.7 Å². The first-order valence-electron chi connectivity index (χ1n) is 12.2. The molecule has 4 N–H and O–H groups in total. The van der Waals surface area contributed by atoms with Gasteiger partial charge in [0, 0.05) is 30.7 Å². The molecule has 0 atom stereocenters. The fourth-order valence-electron chi connectivity index (χ4n) is 4.01. The number of esters is 1. The minimum Gasteiger partial charge on any atom is -0.468 e. The van der Waals surface area contributed by atoms with Gasteiger partial charge in [0.2, 0.25) is 5.91 Å². The molecule has 3 aromatic rings. The minimum absolute atomic E-state index is 0.121. The number of urea groups is 2. The molecule has 0 radical (unpaired) electrons. The van der Waals surface area contributed by atoms with Crippen LogP contribution in [-0.4, -0.2) is 54.5 Å². The summed E-state index contributed by atoms with van der Waals surface area (Å²) in [6.45, 7) is 1.97. The average Bonchev–Trinajstić information content (AvgIpc) is 3.02. The molecule has 0 aliphatic carbocycles. The van der Waals surface area contributed by atoms with Crippen molar-refractivity contribution in [3.63, 3.8) is 0 Å². The molecule has 11 nitrogen and oxygen atoms in total. The number of nitrogens with one attached hydrogen (secondary N) is 4. The van der Waals surface area contributed by atoms with Crippen molar-refractivity contribution in [2.75, 3.05) is 42.1 Å². The summed E-state index contributed by atoms with van der Waals surface area (Å²) in [5, 5.41) is 9.62. The maximum atomic E-state index is 12.7. The Bertz CT molecular complexity index is 1390. The second kappa shape index (κ2) is 12.0. The molecule has 0 aromatic heterocycles. The van der Waals surface area contributed by atoms with Crippen LogP contribution < -0.4 is 21.4 Å². The Morgan fingerprint density at radius 1 is 0.949 bits per heavy atom. The fraction of sp³-hybridized carbons (Fsp3) is 0.214. The molecule has 202 valence electrons. The van der Waals surface area contributed by atoms with E-state index < -0.39 is 5.97 Å². The molecule has 0 saturated carbocycles. The molecule has 39 heavy (non-hydrogen) atoms. The summed E-state index contributed by atoms with van der Waals surface area (Å²) in [4.78, 5) is 50.9. The van der Waals surface area contributed by atoms with Crippen LogP contribution in [0.1, 0.15) is 16.7 Å². The normalized spacial score (nSPS) is 12.5. The Balaban J connectivity index is 1.35. The van der Waals surface area contributed by atoms with Gasteiger partial charge in [0.1, 0.15) is 6.54 Å². The molecule has 0 saturated heterocycles. The van der Waals surface area contributed by atoms with E-state index in [2.05, 4.69) is 26.1 Å². The predicted molar refractivity (Wildman–Crippen MR) is 148 cm³/mol. The number of hydrogen-bond acceptors (Lipinski definition) is 6. The van der Waals surface area contributed by atoms with E-state index in [9.17, 15) is 19.2 Å². The number of benzene rings is 3. The van der Waals surface area contributed by atoms with Crippen molar-refractivity contribution in [3.05, 3.63) is 83.4 Å². The Kier molecular flexibility index (Phi) is 8.30. The molecule has 5 amide bonds. The number of para-hydroxylation sites is 1. The molecule has 1 aliphatic heterocycles.